The number of nitrogens with two attached hydrogens (primary N) is 2. The number of hydroxylamine groups is 2. The number of rotatable bonds is 14. The summed E-state index contributed by atoms with van der Waals surface area (Å²) in [6.45, 7) is 4.94. The van der Waals surface area contributed by atoms with E-state index >= 15 is 0 Å². The molecule has 5 rings (SSSR count). The minimum absolute atomic E-state index is 0.0219. The fourth-order valence-electron chi connectivity index (χ4n) is 5.81. The molecule has 1 fully saturated rings. The van der Waals surface area contributed by atoms with Crippen LogP contribution in [0.15, 0.2) is 33.7 Å². The van der Waals surface area contributed by atoms with Gasteiger partial charge in [0.1, 0.15) is 23.3 Å². The molecular weight excluding hydrogens is 700 g/mol. The molecule has 3 aliphatic heterocycles. The van der Waals surface area contributed by atoms with Gasteiger partial charge in [0.2, 0.25) is 0 Å². The van der Waals surface area contributed by atoms with Crippen LogP contribution in [0, 0.1) is 0 Å². The molecule has 19 nitrogen and oxygen atoms in total. The van der Waals surface area contributed by atoms with Crippen molar-refractivity contribution in [2.75, 3.05) is 26.0 Å². The Morgan fingerprint density at radius 1 is 1.34 bits per heavy atom. The van der Waals surface area contributed by atoms with Crippen molar-refractivity contribution >= 4 is 56.2 Å². The second-order valence-electron chi connectivity index (χ2n) is 12.5. The topological polar surface area (TPSA) is 280 Å². The summed E-state index contributed by atoms with van der Waals surface area (Å²) in [6, 6.07) is 4.05. The van der Waals surface area contributed by atoms with Gasteiger partial charge in [-0.25, -0.2) is 9.78 Å². The predicted molar refractivity (Wildman–Crippen MR) is 178 cm³/mol. The Balaban J connectivity index is 1.35. The molecule has 0 saturated carbocycles. The van der Waals surface area contributed by atoms with Gasteiger partial charge in [0.15, 0.2) is 16.9 Å². The number of nitrogens with zero attached hydrogens (tertiary/aromatic N) is 4. The van der Waals surface area contributed by atoms with Crippen molar-refractivity contribution in [3.8, 4) is 5.75 Å². The number of carbonyl (C=O) groups excluding carboxylic acids is 2. The molecule has 1 aromatic carbocycles. The Kier molecular flexibility index (Phi) is 10.4. The molecule has 0 radical (unpaired) electrons. The lowest BCUT2D eigenvalue weighted by atomic mass is 9.84. The number of aryl methyl sites for hydroxylation is 1. The largest absolute Gasteiger partial charge is 0.485 e. The van der Waals surface area contributed by atoms with Gasteiger partial charge in [0.05, 0.1) is 24.2 Å². The van der Waals surface area contributed by atoms with E-state index in [0.29, 0.717) is 42.6 Å². The third-order valence-corrected chi connectivity index (χ3v) is 9.65. The van der Waals surface area contributed by atoms with Crippen molar-refractivity contribution in [1.82, 2.24) is 20.7 Å². The average Bonchev–Trinajstić information content (AvgIpc) is 3.67. The zero-order valence-corrected chi connectivity index (χ0v) is 29.1. The second kappa shape index (κ2) is 14.1. The van der Waals surface area contributed by atoms with Crippen molar-refractivity contribution in [2.24, 2.45) is 15.9 Å². The number of oxime groups is 1. The number of hydrogen-bond acceptors (Lipinski definition) is 16. The number of aliphatic carboxylic acids is 1. The summed E-state index contributed by atoms with van der Waals surface area (Å²) in [5, 5.41) is 21.8. The standard InChI is InChI=1S/C29H38N8O11S2/c1-28(2)22(25(39)37(28)48-50(42,43)44)35-24(38)21(18-13-49-27(31)34-18)36-47-29(3,26(40)41)20-8-6-14-11-15(5-7-19(14)46-20)23-32-16(9-10-30)17(33-23)12-45-4/h5,7,11,13,16-17,20,22H,6,8-10,12,30H2,1-4H3,(H2,31,34)(H,32,33)(H,35,38)(H,40,41)(H,42,43,44)/b36-21-/t16-,17+,20+,22+,29-/m0/s1. The highest BCUT2D eigenvalue weighted by molar-refractivity contribution is 7.80. The minimum atomic E-state index is -5.03. The van der Waals surface area contributed by atoms with Gasteiger partial charge < -0.3 is 41.5 Å². The first-order valence-electron chi connectivity index (χ1n) is 15.3. The molecule has 2 amide bonds. The van der Waals surface area contributed by atoms with Gasteiger partial charge in [-0.1, -0.05) is 5.16 Å². The van der Waals surface area contributed by atoms with Gasteiger partial charge in [-0.15, -0.1) is 15.6 Å². The van der Waals surface area contributed by atoms with Crippen LogP contribution < -0.4 is 26.8 Å². The number of methoxy groups -OCH3 is 1. The maximum absolute atomic E-state index is 13.5. The van der Waals surface area contributed by atoms with Crippen molar-refractivity contribution < 1.29 is 51.1 Å². The molecular formula is C29H38N8O11S2. The molecule has 0 aliphatic carbocycles. The molecule has 0 spiro atoms. The first-order chi connectivity index (χ1) is 23.5. The van der Waals surface area contributed by atoms with Gasteiger partial charge in [-0.05, 0) is 70.3 Å². The van der Waals surface area contributed by atoms with Gasteiger partial charge >= 0.3 is 16.4 Å². The molecule has 0 unspecified atom stereocenters. The first-order valence-corrected chi connectivity index (χ1v) is 17.6. The van der Waals surface area contributed by atoms with Crippen LogP contribution >= 0.6 is 11.3 Å². The number of carboxylic acid groups (broad SMARTS) is 1. The number of amides is 2. The Bertz CT molecular complexity index is 1830. The molecule has 0 bridgehead atoms. The molecule has 21 heteroatoms. The van der Waals surface area contributed by atoms with E-state index in [1.807, 2.05) is 6.07 Å². The van der Waals surface area contributed by atoms with Crippen molar-refractivity contribution in [3.63, 3.8) is 0 Å². The monoisotopic (exact) mass is 738 g/mol. The quantitative estimate of drug-likeness (QED) is 0.0623. The Morgan fingerprint density at radius 3 is 2.68 bits per heavy atom. The summed E-state index contributed by atoms with van der Waals surface area (Å²) >= 11 is 0.966. The van der Waals surface area contributed by atoms with Crippen LogP contribution in [0.1, 0.15) is 50.4 Å². The number of amidine groups is 1. The molecule has 8 N–H and O–H groups in total. The molecule has 50 heavy (non-hydrogen) atoms. The zero-order valence-electron chi connectivity index (χ0n) is 27.5. The molecule has 2 aromatic rings. The fourth-order valence-corrected chi connectivity index (χ4v) is 6.81. The lowest BCUT2D eigenvalue weighted by Crippen LogP contribution is -2.76. The normalized spacial score (nSPS) is 24.2. The van der Waals surface area contributed by atoms with Crippen molar-refractivity contribution in [1.29, 1.82) is 0 Å². The van der Waals surface area contributed by atoms with Crippen LogP contribution in [-0.4, -0.2) is 113 Å². The number of anilines is 1. The van der Waals surface area contributed by atoms with E-state index in [1.54, 1.807) is 19.2 Å². The molecule has 1 aromatic heterocycles. The smallest absolute Gasteiger partial charge is 0.418 e. The lowest BCUT2D eigenvalue weighted by Gasteiger charge is -2.50. The SMILES string of the molecule is COC[C@H]1NC(c2ccc3c(c2)CC[C@H]([C@](C)(O/N=C(\C(=O)N[C@@H]2C(=O)N(OS(=O)(=O)O)C2(C)C)c2csc(N)n2)C(=O)O)O3)=N[C@H]1CCN. The summed E-state index contributed by atoms with van der Waals surface area (Å²) < 4.78 is 47.2. The maximum Gasteiger partial charge on any atom is 0.418 e. The van der Waals surface area contributed by atoms with Gasteiger partial charge in [0, 0.05) is 18.1 Å². The number of ether oxygens (including phenoxy) is 2. The summed E-state index contributed by atoms with van der Waals surface area (Å²) in [4.78, 5) is 53.2. The van der Waals surface area contributed by atoms with E-state index in [-0.39, 0.29) is 29.3 Å². The number of fused-ring (bicyclic) bond motifs is 1. The number of carboxylic acids is 1. The van der Waals surface area contributed by atoms with E-state index < -0.39 is 57.2 Å². The van der Waals surface area contributed by atoms with E-state index in [1.165, 1.54) is 26.2 Å². The fraction of sp³-hybridized carbons (Fsp3) is 0.517. The molecule has 3 aliphatic rings. The third kappa shape index (κ3) is 7.37. The van der Waals surface area contributed by atoms with E-state index in [0.717, 1.165) is 22.5 Å². The van der Waals surface area contributed by atoms with Crippen LogP contribution in [0.2, 0.25) is 0 Å². The van der Waals surface area contributed by atoms with Crippen molar-refractivity contribution in [3.05, 3.63) is 40.4 Å². The minimum Gasteiger partial charge on any atom is -0.485 e. The number of β-lactam (4-membered cyclic amide) rings is 1. The van der Waals surface area contributed by atoms with Crippen LogP contribution in [-0.2, 0) is 45.1 Å². The zero-order chi connectivity index (χ0) is 36.6. The number of aliphatic imine (C=N–C) groups is 1. The number of hydrogen-bond donors (Lipinski definition) is 6. The first kappa shape index (κ1) is 36.9. The van der Waals surface area contributed by atoms with E-state index in [4.69, 9.17) is 35.3 Å². The highest BCUT2D eigenvalue weighted by atomic mass is 32.3. The van der Waals surface area contributed by atoms with Crippen LogP contribution in [0.25, 0.3) is 0 Å². The van der Waals surface area contributed by atoms with Gasteiger partial charge in [0.25, 0.3) is 17.4 Å². The summed E-state index contributed by atoms with van der Waals surface area (Å²) in [5.74, 6) is -2.32. The number of benzene rings is 1. The van der Waals surface area contributed by atoms with Gasteiger partial charge in [-0.2, -0.15) is 13.5 Å². The summed E-state index contributed by atoms with van der Waals surface area (Å²) in [7, 11) is -3.41. The number of nitrogens with one attached hydrogen (secondary N) is 2. The third-order valence-electron chi connectivity index (χ3n) is 8.64. The summed E-state index contributed by atoms with van der Waals surface area (Å²) in [6.07, 6.45) is 0.252. The summed E-state index contributed by atoms with van der Waals surface area (Å²) in [5.41, 5.74) is 9.03. The highest BCUT2D eigenvalue weighted by Crippen LogP contribution is 2.36. The van der Waals surface area contributed by atoms with Crippen LogP contribution in [0.5, 0.6) is 5.75 Å². The van der Waals surface area contributed by atoms with E-state index in [2.05, 4.69) is 25.1 Å². The van der Waals surface area contributed by atoms with Gasteiger partial charge in [-0.3, -0.25) is 19.1 Å². The Hall–Kier alpha value is -4.41. The highest BCUT2D eigenvalue weighted by Gasteiger charge is 2.58. The molecule has 4 heterocycles. The lowest BCUT2D eigenvalue weighted by molar-refractivity contribution is -0.218. The maximum atomic E-state index is 13.5. The number of nitrogen functional groups attached to an aromatic ring is 1. The van der Waals surface area contributed by atoms with Crippen molar-refractivity contribution in [2.45, 2.75) is 75.4 Å². The average molecular weight is 739 g/mol. The van der Waals surface area contributed by atoms with Crippen LogP contribution in [0.3, 0.4) is 0 Å². The molecule has 5 atom stereocenters. The second-order valence-corrected chi connectivity index (χ2v) is 14.4. The van der Waals surface area contributed by atoms with Crippen LogP contribution in [0.4, 0.5) is 5.13 Å². The number of carbonyl (C=O) groups is 3. The molecule has 1 saturated heterocycles. The van der Waals surface area contributed by atoms with E-state index in [9.17, 15) is 27.9 Å². The Labute approximate surface area is 290 Å². The Morgan fingerprint density at radius 2 is 2.08 bits per heavy atom. The number of thiazole rings is 1. The molecule has 272 valence electrons. The number of aromatic nitrogens is 1. The predicted octanol–water partition coefficient (Wildman–Crippen LogP) is -0.395.